The molecule has 0 bridgehead atoms. The summed E-state index contributed by atoms with van der Waals surface area (Å²) in [5, 5.41) is 7.27. The molecule has 3 rings (SSSR count). The zero-order valence-corrected chi connectivity index (χ0v) is 16.0. The number of rotatable bonds is 7. The van der Waals surface area contributed by atoms with E-state index in [9.17, 15) is 9.59 Å². The van der Waals surface area contributed by atoms with Crippen LogP contribution in [0, 0.1) is 6.92 Å². The first kappa shape index (κ1) is 19.4. The van der Waals surface area contributed by atoms with E-state index >= 15 is 0 Å². The number of aryl methyl sites for hydroxylation is 2. The summed E-state index contributed by atoms with van der Waals surface area (Å²) >= 11 is 0. The molecule has 144 valence electrons. The number of nitrogens with zero attached hydrogens (tertiary/aromatic N) is 2. The second kappa shape index (κ2) is 8.99. The minimum Gasteiger partial charge on any atom is -0.497 e. The smallest absolute Gasteiger partial charge is 0.266 e. The fourth-order valence-electron chi connectivity index (χ4n) is 2.77. The molecule has 1 aromatic heterocycles. The molecule has 6 nitrogen and oxygen atoms in total. The van der Waals surface area contributed by atoms with Crippen LogP contribution in [0.15, 0.2) is 65.5 Å². The van der Waals surface area contributed by atoms with Gasteiger partial charge in [0.15, 0.2) is 0 Å². The second-order valence-electron chi connectivity index (χ2n) is 6.53. The molecule has 2 aromatic carbocycles. The normalized spacial score (nSPS) is 10.5. The number of anilines is 1. The second-order valence-corrected chi connectivity index (χ2v) is 6.53. The number of methoxy groups -OCH3 is 1. The summed E-state index contributed by atoms with van der Waals surface area (Å²) in [7, 11) is 1.59. The maximum absolute atomic E-state index is 12.1. The van der Waals surface area contributed by atoms with Gasteiger partial charge in [0.1, 0.15) is 5.75 Å². The summed E-state index contributed by atoms with van der Waals surface area (Å²) in [5.74, 6) is 0.629. The zero-order valence-electron chi connectivity index (χ0n) is 16.0. The number of hydrogen-bond donors (Lipinski definition) is 1. The molecule has 1 amide bonds. The lowest BCUT2D eigenvalue weighted by Gasteiger charge is -2.08. The number of carbonyl (C=O) groups excluding carboxylic acids is 1. The molecule has 0 aliphatic heterocycles. The first-order valence-corrected chi connectivity index (χ1v) is 9.14. The van der Waals surface area contributed by atoms with Gasteiger partial charge in [0.2, 0.25) is 5.91 Å². The predicted octanol–water partition coefficient (Wildman–Crippen LogP) is 3.65. The van der Waals surface area contributed by atoms with E-state index in [4.69, 9.17) is 4.74 Å². The Labute approximate surface area is 163 Å². The van der Waals surface area contributed by atoms with Crippen molar-refractivity contribution in [1.82, 2.24) is 9.78 Å². The minimum absolute atomic E-state index is 0.104. The van der Waals surface area contributed by atoms with Gasteiger partial charge in [0, 0.05) is 30.3 Å². The third-order valence-corrected chi connectivity index (χ3v) is 4.36. The molecule has 0 saturated heterocycles. The summed E-state index contributed by atoms with van der Waals surface area (Å²) in [6, 6.07) is 18.4. The highest BCUT2D eigenvalue weighted by atomic mass is 16.5. The Morgan fingerprint density at radius 2 is 1.75 bits per heavy atom. The third kappa shape index (κ3) is 5.07. The van der Waals surface area contributed by atoms with Gasteiger partial charge < -0.3 is 10.1 Å². The fourth-order valence-corrected chi connectivity index (χ4v) is 2.77. The van der Waals surface area contributed by atoms with Gasteiger partial charge in [-0.25, -0.2) is 4.68 Å². The third-order valence-electron chi connectivity index (χ3n) is 4.36. The van der Waals surface area contributed by atoms with Crippen molar-refractivity contribution in [2.24, 2.45) is 0 Å². The maximum atomic E-state index is 12.1. The van der Waals surface area contributed by atoms with E-state index in [1.807, 2.05) is 31.2 Å². The van der Waals surface area contributed by atoms with Crippen molar-refractivity contribution >= 4 is 11.6 Å². The van der Waals surface area contributed by atoms with E-state index in [2.05, 4.69) is 10.4 Å². The topological polar surface area (TPSA) is 73.2 Å². The van der Waals surface area contributed by atoms with Crippen LogP contribution in [0.2, 0.25) is 0 Å². The summed E-state index contributed by atoms with van der Waals surface area (Å²) in [6.07, 6.45) is 0.821. The Morgan fingerprint density at radius 1 is 1.04 bits per heavy atom. The molecule has 0 radical (unpaired) electrons. The molecule has 0 spiro atoms. The molecular weight excluding hydrogens is 354 g/mol. The quantitative estimate of drug-likeness (QED) is 0.682. The molecule has 1 heterocycles. The van der Waals surface area contributed by atoms with Crippen LogP contribution in [0.3, 0.4) is 0 Å². The van der Waals surface area contributed by atoms with Crippen LogP contribution in [-0.4, -0.2) is 22.8 Å². The Kier molecular flexibility index (Phi) is 6.22. The molecule has 0 aliphatic rings. The average molecular weight is 377 g/mol. The van der Waals surface area contributed by atoms with Gasteiger partial charge >= 0.3 is 0 Å². The van der Waals surface area contributed by atoms with Gasteiger partial charge in [0.05, 0.1) is 12.8 Å². The van der Waals surface area contributed by atoms with Gasteiger partial charge in [-0.2, -0.15) is 5.10 Å². The fraction of sp³-hybridized carbons (Fsp3) is 0.227. The summed E-state index contributed by atoms with van der Waals surface area (Å²) in [6.45, 7) is 2.41. The largest absolute Gasteiger partial charge is 0.497 e. The van der Waals surface area contributed by atoms with Crippen molar-refractivity contribution in [1.29, 1.82) is 0 Å². The highest BCUT2D eigenvalue weighted by molar-refractivity contribution is 5.90. The van der Waals surface area contributed by atoms with Crippen LogP contribution >= 0.6 is 0 Å². The van der Waals surface area contributed by atoms with Gasteiger partial charge in [-0.3, -0.25) is 9.59 Å². The van der Waals surface area contributed by atoms with Crippen molar-refractivity contribution in [3.8, 4) is 17.0 Å². The lowest BCUT2D eigenvalue weighted by atomic mass is 10.1. The van der Waals surface area contributed by atoms with Crippen LogP contribution in [0.5, 0.6) is 5.75 Å². The van der Waals surface area contributed by atoms with Crippen LogP contribution in [0.25, 0.3) is 11.3 Å². The van der Waals surface area contributed by atoms with Gasteiger partial charge in [-0.1, -0.05) is 29.8 Å². The number of nitrogens with one attached hydrogen (secondary N) is 1. The van der Waals surface area contributed by atoms with E-state index < -0.39 is 0 Å². The summed E-state index contributed by atoms with van der Waals surface area (Å²) < 4.78 is 6.51. The van der Waals surface area contributed by atoms with E-state index in [1.165, 1.54) is 16.3 Å². The lowest BCUT2D eigenvalue weighted by molar-refractivity contribution is -0.116. The molecule has 0 atom stereocenters. The number of carbonyl (C=O) groups is 1. The highest BCUT2D eigenvalue weighted by Crippen LogP contribution is 2.17. The van der Waals surface area contributed by atoms with Crippen LogP contribution in [-0.2, 0) is 11.3 Å². The standard InChI is InChI=1S/C22H23N3O3/c1-16-5-7-17(8-6-16)20-13-14-22(27)25(24-20)15-3-4-21(26)23-18-9-11-19(28-2)12-10-18/h5-14H,3-4,15H2,1-2H3,(H,23,26). The maximum Gasteiger partial charge on any atom is 0.266 e. The van der Waals surface area contributed by atoms with Crippen molar-refractivity contribution in [2.45, 2.75) is 26.3 Å². The summed E-state index contributed by atoms with van der Waals surface area (Å²) in [5.41, 5.74) is 3.40. The average Bonchev–Trinajstić information content (AvgIpc) is 2.70. The van der Waals surface area contributed by atoms with Crippen LogP contribution in [0.1, 0.15) is 18.4 Å². The molecule has 0 unspecified atom stereocenters. The zero-order chi connectivity index (χ0) is 19.9. The van der Waals surface area contributed by atoms with Crippen LogP contribution in [0.4, 0.5) is 5.69 Å². The SMILES string of the molecule is COc1ccc(NC(=O)CCCn2nc(-c3ccc(C)cc3)ccc2=O)cc1. The molecular formula is C22H23N3O3. The Bertz CT molecular complexity index is 993. The van der Waals surface area contributed by atoms with Gasteiger partial charge in [-0.15, -0.1) is 0 Å². The summed E-state index contributed by atoms with van der Waals surface area (Å²) in [4.78, 5) is 24.2. The number of amides is 1. The molecule has 6 heteroatoms. The van der Waals surface area contributed by atoms with Crippen molar-refractivity contribution in [3.05, 3.63) is 76.6 Å². The Hall–Kier alpha value is -3.41. The number of benzene rings is 2. The van der Waals surface area contributed by atoms with Crippen molar-refractivity contribution in [3.63, 3.8) is 0 Å². The Balaban J connectivity index is 1.57. The van der Waals surface area contributed by atoms with E-state index in [1.54, 1.807) is 37.4 Å². The Morgan fingerprint density at radius 3 is 2.43 bits per heavy atom. The van der Waals surface area contributed by atoms with E-state index in [0.717, 1.165) is 17.0 Å². The molecule has 1 N–H and O–H groups in total. The van der Waals surface area contributed by atoms with E-state index in [0.29, 0.717) is 25.1 Å². The molecule has 3 aromatic rings. The van der Waals surface area contributed by atoms with Gasteiger partial charge in [0.25, 0.3) is 5.56 Å². The number of hydrogen-bond acceptors (Lipinski definition) is 4. The monoisotopic (exact) mass is 377 g/mol. The molecule has 0 aliphatic carbocycles. The van der Waals surface area contributed by atoms with Crippen molar-refractivity contribution in [2.75, 3.05) is 12.4 Å². The van der Waals surface area contributed by atoms with Gasteiger partial charge in [-0.05, 0) is 43.7 Å². The van der Waals surface area contributed by atoms with E-state index in [-0.39, 0.29) is 11.5 Å². The van der Waals surface area contributed by atoms with Crippen LogP contribution < -0.4 is 15.6 Å². The highest BCUT2D eigenvalue weighted by Gasteiger charge is 2.06. The minimum atomic E-state index is -0.175. The predicted molar refractivity (Wildman–Crippen MR) is 110 cm³/mol. The molecule has 28 heavy (non-hydrogen) atoms. The number of aromatic nitrogens is 2. The first-order chi connectivity index (χ1) is 13.5. The number of ether oxygens (including phenoxy) is 1. The first-order valence-electron chi connectivity index (χ1n) is 9.14. The lowest BCUT2D eigenvalue weighted by Crippen LogP contribution is -2.23. The molecule has 0 saturated carbocycles. The molecule has 0 fully saturated rings. The van der Waals surface area contributed by atoms with Crippen molar-refractivity contribution < 1.29 is 9.53 Å².